The van der Waals surface area contributed by atoms with Gasteiger partial charge >= 0.3 is 0 Å². The number of nitrogens with zero attached hydrogens (tertiary/aromatic N) is 3. The molecule has 0 atom stereocenters. The lowest BCUT2D eigenvalue weighted by molar-refractivity contribution is 0.395. The minimum Gasteiger partial charge on any atom is -0.497 e. The fourth-order valence-electron chi connectivity index (χ4n) is 2.41. The summed E-state index contributed by atoms with van der Waals surface area (Å²) in [5.41, 5.74) is 1.64. The standard InChI is InChI=1S/C18H17Cl2N5O2S/c1-26-12-4-6-15(16(8-12)27-2)22-18(28)23-17-21-10-25(24-17)9-11-3-5-13(19)14(20)7-11/h3-8,10H,9H2,1-2H3,(H2,22,23,24,28). The van der Waals surface area contributed by atoms with Gasteiger partial charge in [-0.3, -0.25) is 5.32 Å². The molecule has 0 bridgehead atoms. The normalized spacial score (nSPS) is 10.4. The Bertz CT molecular complexity index is 996. The average Bonchev–Trinajstić information content (AvgIpc) is 3.11. The van der Waals surface area contributed by atoms with E-state index in [1.54, 1.807) is 49.5 Å². The van der Waals surface area contributed by atoms with Crippen LogP contribution in [0.15, 0.2) is 42.7 Å². The van der Waals surface area contributed by atoms with Crippen molar-refractivity contribution in [3.63, 3.8) is 0 Å². The van der Waals surface area contributed by atoms with Crippen molar-refractivity contribution in [3.8, 4) is 11.5 Å². The number of halogens is 2. The Morgan fingerprint density at radius 3 is 2.61 bits per heavy atom. The molecule has 0 aliphatic heterocycles. The molecule has 2 N–H and O–H groups in total. The first kappa shape index (κ1) is 20.2. The number of anilines is 2. The smallest absolute Gasteiger partial charge is 0.248 e. The first-order valence-corrected chi connectivity index (χ1v) is 9.28. The van der Waals surface area contributed by atoms with Crippen molar-refractivity contribution in [1.82, 2.24) is 14.8 Å². The molecule has 0 saturated heterocycles. The van der Waals surface area contributed by atoms with Crippen molar-refractivity contribution in [1.29, 1.82) is 0 Å². The summed E-state index contributed by atoms with van der Waals surface area (Å²) in [6.07, 6.45) is 1.60. The topological polar surface area (TPSA) is 73.2 Å². The molecule has 0 spiro atoms. The van der Waals surface area contributed by atoms with Gasteiger partial charge in [0.25, 0.3) is 0 Å². The molecule has 0 amide bonds. The highest BCUT2D eigenvalue weighted by atomic mass is 35.5. The fraction of sp³-hybridized carbons (Fsp3) is 0.167. The maximum atomic E-state index is 6.04. The number of rotatable bonds is 6. The minimum absolute atomic E-state index is 0.329. The van der Waals surface area contributed by atoms with E-state index in [9.17, 15) is 0 Å². The van der Waals surface area contributed by atoms with Crippen molar-refractivity contribution in [2.75, 3.05) is 24.9 Å². The summed E-state index contributed by atoms with van der Waals surface area (Å²) in [7, 11) is 3.16. The highest BCUT2D eigenvalue weighted by Gasteiger charge is 2.09. The average molecular weight is 438 g/mol. The maximum Gasteiger partial charge on any atom is 0.248 e. The molecular weight excluding hydrogens is 421 g/mol. The number of ether oxygens (including phenoxy) is 2. The molecule has 0 saturated carbocycles. The van der Waals surface area contributed by atoms with E-state index in [1.807, 2.05) is 12.1 Å². The Balaban J connectivity index is 1.63. The van der Waals surface area contributed by atoms with E-state index >= 15 is 0 Å². The van der Waals surface area contributed by atoms with Crippen LogP contribution in [-0.2, 0) is 6.54 Å². The van der Waals surface area contributed by atoms with Crippen LogP contribution >= 0.6 is 35.4 Å². The lowest BCUT2D eigenvalue weighted by Gasteiger charge is -2.13. The third-order valence-corrected chi connectivity index (χ3v) is 4.69. The molecule has 146 valence electrons. The quantitative estimate of drug-likeness (QED) is 0.551. The van der Waals surface area contributed by atoms with Crippen LogP contribution in [0.1, 0.15) is 5.56 Å². The zero-order valence-electron chi connectivity index (χ0n) is 15.1. The van der Waals surface area contributed by atoms with Crippen LogP contribution in [0.25, 0.3) is 0 Å². The van der Waals surface area contributed by atoms with Crippen LogP contribution in [0.4, 0.5) is 11.6 Å². The van der Waals surface area contributed by atoms with Crippen LogP contribution in [0.3, 0.4) is 0 Å². The van der Waals surface area contributed by atoms with Crippen molar-refractivity contribution in [2.45, 2.75) is 6.54 Å². The summed E-state index contributed by atoms with van der Waals surface area (Å²) in [5.74, 6) is 1.65. The second-order valence-electron chi connectivity index (χ2n) is 5.66. The monoisotopic (exact) mass is 437 g/mol. The van der Waals surface area contributed by atoms with E-state index < -0.39 is 0 Å². The molecule has 10 heteroatoms. The van der Waals surface area contributed by atoms with Gasteiger partial charge in [0.2, 0.25) is 5.95 Å². The third kappa shape index (κ3) is 5.03. The van der Waals surface area contributed by atoms with E-state index in [2.05, 4.69) is 20.7 Å². The molecule has 3 aromatic rings. The molecule has 0 aliphatic carbocycles. The van der Waals surface area contributed by atoms with E-state index in [4.69, 9.17) is 44.9 Å². The number of hydrogen-bond acceptors (Lipinski definition) is 5. The van der Waals surface area contributed by atoms with Gasteiger partial charge in [-0.15, -0.1) is 5.10 Å². The van der Waals surface area contributed by atoms with Gasteiger partial charge in [0.05, 0.1) is 36.5 Å². The van der Waals surface area contributed by atoms with Crippen molar-refractivity contribution in [2.24, 2.45) is 0 Å². The number of hydrogen-bond donors (Lipinski definition) is 2. The molecule has 0 aliphatic rings. The molecular formula is C18H17Cl2N5O2S. The van der Waals surface area contributed by atoms with Gasteiger partial charge in [0.1, 0.15) is 17.8 Å². The largest absolute Gasteiger partial charge is 0.497 e. The fourth-order valence-corrected chi connectivity index (χ4v) is 2.93. The van der Waals surface area contributed by atoms with Crippen molar-refractivity contribution in [3.05, 3.63) is 58.3 Å². The molecule has 0 unspecified atom stereocenters. The second-order valence-corrected chi connectivity index (χ2v) is 6.88. The summed E-state index contributed by atoms with van der Waals surface area (Å²) in [6.45, 7) is 0.498. The molecule has 0 fully saturated rings. The van der Waals surface area contributed by atoms with Crippen molar-refractivity contribution < 1.29 is 9.47 Å². The van der Waals surface area contributed by atoms with E-state index in [0.29, 0.717) is 44.8 Å². The highest BCUT2D eigenvalue weighted by molar-refractivity contribution is 7.80. The van der Waals surface area contributed by atoms with Gasteiger partial charge in [0, 0.05) is 6.07 Å². The number of thiocarbonyl (C=S) groups is 1. The summed E-state index contributed by atoms with van der Waals surface area (Å²) in [5, 5.41) is 11.7. The van der Waals surface area contributed by atoms with Crippen LogP contribution in [-0.4, -0.2) is 34.1 Å². The first-order valence-electron chi connectivity index (χ1n) is 8.12. The van der Waals surface area contributed by atoms with E-state index in [0.717, 1.165) is 5.56 Å². The van der Waals surface area contributed by atoms with Crippen LogP contribution in [0.5, 0.6) is 11.5 Å². The summed E-state index contributed by atoms with van der Waals surface area (Å²) in [6, 6.07) is 10.8. The Morgan fingerprint density at radius 1 is 1.07 bits per heavy atom. The molecule has 7 nitrogen and oxygen atoms in total. The third-order valence-electron chi connectivity index (χ3n) is 3.75. The lowest BCUT2D eigenvalue weighted by atomic mass is 10.2. The molecule has 3 rings (SSSR count). The zero-order chi connectivity index (χ0) is 20.1. The van der Waals surface area contributed by atoms with Gasteiger partial charge in [-0.05, 0) is 42.0 Å². The lowest BCUT2D eigenvalue weighted by Crippen LogP contribution is -2.20. The molecule has 28 heavy (non-hydrogen) atoms. The predicted molar refractivity (Wildman–Crippen MR) is 115 cm³/mol. The van der Waals surface area contributed by atoms with Gasteiger partial charge in [0.15, 0.2) is 5.11 Å². The molecule has 0 radical (unpaired) electrons. The predicted octanol–water partition coefficient (Wildman–Crippen LogP) is 4.46. The molecule has 1 heterocycles. The summed E-state index contributed by atoms with van der Waals surface area (Å²) < 4.78 is 12.2. The summed E-state index contributed by atoms with van der Waals surface area (Å²) in [4.78, 5) is 4.21. The maximum absolute atomic E-state index is 6.04. The Hall–Kier alpha value is -2.55. The molecule has 2 aromatic carbocycles. The number of aromatic nitrogens is 3. The Kier molecular flexibility index (Phi) is 6.56. The number of benzene rings is 2. The van der Waals surface area contributed by atoms with Gasteiger partial charge < -0.3 is 14.8 Å². The minimum atomic E-state index is 0.329. The van der Waals surface area contributed by atoms with Gasteiger partial charge in [-0.1, -0.05) is 29.3 Å². The van der Waals surface area contributed by atoms with Gasteiger partial charge in [-0.25, -0.2) is 9.67 Å². The van der Waals surface area contributed by atoms with Crippen LogP contribution < -0.4 is 20.1 Å². The number of methoxy groups -OCH3 is 2. The van der Waals surface area contributed by atoms with Crippen LogP contribution in [0.2, 0.25) is 10.0 Å². The Morgan fingerprint density at radius 2 is 1.89 bits per heavy atom. The number of nitrogens with one attached hydrogen (secondary N) is 2. The van der Waals surface area contributed by atoms with E-state index in [-0.39, 0.29) is 0 Å². The molecule has 1 aromatic heterocycles. The zero-order valence-corrected chi connectivity index (χ0v) is 17.4. The van der Waals surface area contributed by atoms with Crippen molar-refractivity contribution >= 4 is 52.2 Å². The van der Waals surface area contributed by atoms with E-state index in [1.165, 1.54) is 0 Å². The van der Waals surface area contributed by atoms with Crippen LogP contribution in [0, 0.1) is 0 Å². The van der Waals surface area contributed by atoms with Gasteiger partial charge in [-0.2, -0.15) is 0 Å². The summed E-state index contributed by atoms with van der Waals surface area (Å²) >= 11 is 17.3. The first-order chi connectivity index (χ1) is 13.5. The highest BCUT2D eigenvalue weighted by Crippen LogP contribution is 2.29. The second kappa shape index (κ2) is 9.09. The Labute approximate surface area is 177 Å². The SMILES string of the molecule is COc1ccc(NC(=S)Nc2ncn(Cc3ccc(Cl)c(Cl)c3)n2)c(OC)c1.